The van der Waals surface area contributed by atoms with Crippen molar-refractivity contribution < 1.29 is 36.6 Å². The van der Waals surface area contributed by atoms with Crippen LogP contribution in [0.5, 0.6) is 5.75 Å². The van der Waals surface area contributed by atoms with E-state index in [4.69, 9.17) is 21.1 Å². The highest BCUT2D eigenvalue weighted by Gasteiger charge is 2.34. The summed E-state index contributed by atoms with van der Waals surface area (Å²) < 4.78 is 71.5. The van der Waals surface area contributed by atoms with E-state index < -0.39 is 27.0 Å². The molecule has 1 aliphatic heterocycles. The first-order valence-corrected chi connectivity index (χ1v) is 18.8. The number of hydrogen-bond acceptors (Lipinski definition) is 7. The highest BCUT2D eigenvalue weighted by Crippen LogP contribution is 2.52. The molecule has 0 bridgehead atoms. The zero-order valence-corrected chi connectivity index (χ0v) is 29.3. The van der Waals surface area contributed by atoms with E-state index in [1.165, 1.54) is 17.7 Å². The first-order chi connectivity index (χ1) is 21.9. The van der Waals surface area contributed by atoms with Gasteiger partial charge in [-0.05, 0) is 54.9 Å². The maximum absolute atomic E-state index is 14.9. The second-order valence-electron chi connectivity index (χ2n) is 12.5. The van der Waals surface area contributed by atoms with E-state index in [1.54, 1.807) is 30.3 Å². The first-order valence-electron chi connectivity index (χ1n) is 15.6. The number of nitrogens with zero attached hydrogens (tertiary/aromatic N) is 3. The quantitative estimate of drug-likeness (QED) is 0.0705. The van der Waals surface area contributed by atoms with E-state index in [0.29, 0.717) is 36.5 Å². The molecular formula is C32H43BF4N4O4S2. The van der Waals surface area contributed by atoms with Gasteiger partial charge in [-0.1, -0.05) is 32.0 Å². The molecule has 3 aromatic rings. The molecule has 0 saturated carbocycles. The number of alkyl halides is 4. The Morgan fingerprint density at radius 1 is 1.17 bits per heavy atom. The van der Waals surface area contributed by atoms with E-state index >= 15 is 0 Å². The number of benzene rings is 2. The fraction of sp³-hybridized carbons (Fsp3) is 0.531. The third-order valence-electron chi connectivity index (χ3n) is 8.58. The number of piperidine rings is 1. The number of amides is 1. The lowest BCUT2D eigenvalue weighted by Crippen LogP contribution is -2.40. The van der Waals surface area contributed by atoms with Gasteiger partial charge in [0.2, 0.25) is 0 Å². The van der Waals surface area contributed by atoms with Crippen molar-refractivity contribution in [3.05, 3.63) is 58.9 Å². The van der Waals surface area contributed by atoms with Crippen molar-refractivity contribution in [3.63, 3.8) is 0 Å². The summed E-state index contributed by atoms with van der Waals surface area (Å²) in [4.78, 5) is 29.1. The van der Waals surface area contributed by atoms with Crippen LogP contribution in [0.4, 0.5) is 17.6 Å². The van der Waals surface area contributed by atoms with Gasteiger partial charge in [0.15, 0.2) is 12.9 Å². The largest absolute Gasteiger partial charge is 0.468 e. The number of nitrogens with one attached hydrogen (secondary N) is 1. The average Bonchev–Trinajstić information content (AvgIpc) is 3.37. The summed E-state index contributed by atoms with van der Waals surface area (Å²) >= 11 is 4.75. The second-order valence-corrected chi connectivity index (χ2v) is 17.6. The van der Waals surface area contributed by atoms with Gasteiger partial charge in [-0.3, -0.25) is 13.9 Å². The molecule has 2 unspecified atom stereocenters. The van der Waals surface area contributed by atoms with E-state index in [-0.39, 0.29) is 52.8 Å². The highest BCUT2D eigenvalue weighted by atomic mass is 33.1. The molecule has 2 aromatic carbocycles. The van der Waals surface area contributed by atoms with E-state index in [1.807, 2.05) is 21.0 Å². The van der Waals surface area contributed by atoms with Crippen LogP contribution in [0.3, 0.4) is 0 Å². The Labute approximate surface area is 280 Å². The summed E-state index contributed by atoms with van der Waals surface area (Å²) in [7, 11) is 1.73. The van der Waals surface area contributed by atoms with Gasteiger partial charge in [0.25, 0.3) is 5.91 Å². The van der Waals surface area contributed by atoms with Crippen LogP contribution in [-0.2, 0) is 22.0 Å². The van der Waals surface area contributed by atoms with Gasteiger partial charge < -0.3 is 19.4 Å². The van der Waals surface area contributed by atoms with Gasteiger partial charge in [0.1, 0.15) is 5.75 Å². The number of para-hydroxylation sites is 1. The Morgan fingerprint density at radius 3 is 2.45 bits per heavy atom. The minimum Gasteiger partial charge on any atom is -0.468 e. The zero-order valence-electron chi connectivity index (χ0n) is 27.6. The standard InChI is InChI=1S/C32H43BF4N4O4S2/c1-6-20(2)24-9-7-8-23(28(24)45-32(4,36)37)18-41-26-11-10-22(16-25(26)39-30(41)31(3,34)35)29(43)38-17-21-12-14-40(15-13-21)47(33,46)19-27(42)44-5/h7-11,16,20-21,46H,6,12-15,17-19,33H2,1-5H3,(H,38,43). The molecule has 1 aromatic heterocycles. The number of ether oxygens (including phenoxy) is 2. The Bertz CT molecular complexity index is 1590. The molecule has 0 spiro atoms. The summed E-state index contributed by atoms with van der Waals surface area (Å²) in [6.45, 7) is 6.91. The molecule has 1 saturated heterocycles. The minimum atomic E-state index is -3.48. The molecule has 0 aliphatic carbocycles. The lowest BCUT2D eigenvalue weighted by atomic mass is 9.95. The van der Waals surface area contributed by atoms with Gasteiger partial charge in [-0.2, -0.15) is 26.7 Å². The van der Waals surface area contributed by atoms with Crippen LogP contribution >= 0.6 is 20.8 Å². The van der Waals surface area contributed by atoms with Gasteiger partial charge in [0, 0.05) is 44.6 Å². The number of rotatable bonds is 13. The predicted octanol–water partition coefficient (Wildman–Crippen LogP) is 6.43. The predicted molar refractivity (Wildman–Crippen MR) is 183 cm³/mol. The van der Waals surface area contributed by atoms with Crippen molar-refractivity contribution >= 4 is 50.8 Å². The molecule has 1 N–H and O–H groups in total. The molecule has 47 heavy (non-hydrogen) atoms. The molecule has 0 radical (unpaired) electrons. The maximum Gasteiger partial charge on any atom is 0.394 e. The van der Waals surface area contributed by atoms with Gasteiger partial charge in [-0.25, -0.2) is 4.98 Å². The van der Waals surface area contributed by atoms with Crippen molar-refractivity contribution in [3.8, 4) is 5.75 Å². The van der Waals surface area contributed by atoms with Crippen molar-refractivity contribution in [2.24, 2.45) is 5.92 Å². The molecule has 15 heteroatoms. The van der Waals surface area contributed by atoms with Crippen molar-refractivity contribution in [2.45, 2.75) is 71.5 Å². The van der Waals surface area contributed by atoms with Crippen LogP contribution < -0.4 is 10.1 Å². The van der Waals surface area contributed by atoms with Crippen molar-refractivity contribution in [1.82, 2.24) is 19.2 Å². The number of thiol groups is 1. The zero-order chi connectivity index (χ0) is 34.7. The van der Waals surface area contributed by atoms with Gasteiger partial charge in [0.05, 0.1) is 30.4 Å². The van der Waals surface area contributed by atoms with E-state index in [2.05, 4.69) is 14.6 Å². The first kappa shape index (κ1) is 36.9. The van der Waals surface area contributed by atoms with Crippen LogP contribution in [-0.4, -0.2) is 71.5 Å². The van der Waals surface area contributed by atoms with E-state index in [9.17, 15) is 27.2 Å². The molecule has 8 nitrogen and oxygen atoms in total. The Morgan fingerprint density at radius 2 is 1.85 bits per heavy atom. The topological polar surface area (TPSA) is 85.7 Å². The van der Waals surface area contributed by atoms with Crippen LogP contribution in [0, 0.1) is 5.92 Å². The highest BCUT2D eigenvalue weighted by molar-refractivity contribution is 8.95. The summed E-state index contributed by atoms with van der Waals surface area (Å²) in [6, 6.07) is 9.56. The molecule has 258 valence electrons. The molecule has 1 fully saturated rings. The second kappa shape index (κ2) is 14.7. The van der Waals surface area contributed by atoms with Crippen molar-refractivity contribution in [1.29, 1.82) is 0 Å². The number of hydrogen-bond donors (Lipinski definition) is 2. The smallest absolute Gasteiger partial charge is 0.394 e. The van der Waals surface area contributed by atoms with Crippen LogP contribution in [0.25, 0.3) is 11.0 Å². The van der Waals surface area contributed by atoms with Crippen LogP contribution in [0.15, 0.2) is 36.4 Å². The molecule has 4 rings (SSSR count). The molecule has 2 atom stereocenters. The maximum atomic E-state index is 14.9. The molecular weight excluding hydrogens is 655 g/mol. The number of carbonyl (C=O) groups is 2. The monoisotopic (exact) mass is 698 g/mol. The Balaban J connectivity index is 1.53. The summed E-state index contributed by atoms with van der Waals surface area (Å²) in [5.41, 5.74) is 1.66. The minimum absolute atomic E-state index is 0.0349. The molecule has 1 aliphatic rings. The van der Waals surface area contributed by atoms with Gasteiger partial charge >= 0.3 is 18.0 Å². The van der Waals surface area contributed by atoms with E-state index in [0.717, 1.165) is 32.9 Å². The fourth-order valence-corrected chi connectivity index (χ4v) is 8.35. The Hall–Kier alpha value is -2.91. The lowest BCUT2D eigenvalue weighted by molar-refractivity contribution is -0.159. The third kappa shape index (κ3) is 9.17. The number of methoxy groups -OCH3 is 1. The Kier molecular flexibility index (Phi) is 11.5. The van der Waals surface area contributed by atoms with Crippen LogP contribution in [0.2, 0.25) is 0 Å². The third-order valence-corrected chi connectivity index (χ3v) is 11.9. The van der Waals surface area contributed by atoms with Crippen LogP contribution in [0.1, 0.15) is 80.2 Å². The lowest BCUT2D eigenvalue weighted by Gasteiger charge is -2.45. The fourth-order valence-electron chi connectivity index (χ4n) is 5.80. The number of imidazole rings is 1. The number of carbonyl (C=O) groups excluding carboxylic acids is 2. The number of esters is 1. The SMILES string of the molecule is BS(S)(CC(=O)OC)N1CCC(CNC(=O)c2ccc3c(c2)nc(C(C)(F)F)n3Cc2cccc(C(C)CC)c2OC(C)(F)F)CC1. The number of fused-ring (bicyclic) bond motifs is 1. The van der Waals surface area contributed by atoms with Gasteiger partial charge in [-0.15, -0.1) is 11.7 Å². The normalized spacial score (nSPS) is 17.6. The molecule has 1 amide bonds. The summed E-state index contributed by atoms with van der Waals surface area (Å²) in [5, 5.41) is 2.96. The summed E-state index contributed by atoms with van der Waals surface area (Å²) in [5.74, 6) is -4.23. The molecule has 2 heterocycles. The summed E-state index contributed by atoms with van der Waals surface area (Å²) in [6.07, 6.45) is -1.18. The number of aromatic nitrogens is 2. The average molecular weight is 699 g/mol. The van der Waals surface area contributed by atoms with Crippen molar-refractivity contribution in [2.75, 3.05) is 32.5 Å². The number of halogens is 4.